The van der Waals surface area contributed by atoms with Crippen LogP contribution in [0.2, 0.25) is 0 Å². The summed E-state index contributed by atoms with van der Waals surface area (Å²) in [7, 11) is 1.47. The second-order valence-corrected chi connectivity index (χ2v) is 9.62. The van der Waals surface area contributed by atoms with Crippen LogP contribution < -0.4 is 0 Å². The first kappa shape index (κ1) is 22.0. The van der Waals surface area contributed by atoms with E-state index in [4.69, 9.17) is 14.2 Å². The van der Waals surface area contributed by atoms with Crippen molar-refractivity contribution in [3.05, 3.63) is 23.8 Å². The van der Waals surface area contributed by atoms with Crippen LogP contribution in [0, 0.1) is 29.6 Å². The molecule has 4 aliphatic rings. The quantitative estimate of drug-likeness (QED) is 0.454. The fourth-order valence-electron chi connectivity index (χ4n) is 6.34. The van der Waals surface area contributed by atoms with Crippen molar-refractivity contribution in [1.29, 1.82) is 0 Å². The normalized spacial score (nSPS) is 53.3. The minimum Gasteiger partial charge on any atom is -0.457 e. The fourth-order valence-corrected chi connectivity index (χ4v) is 6.34. The zero-order valence-electron chi connectivity index (χ0n) is 18.3. The van der Waals surface area contributed by atoms with E-state index in [2.05, 4.69) is 0 Å². The number of esters is 1. The number of ether oxygens (including phenoxy) is 3. The molecule has 0 amide bonds. The maximum absolute atomic E-state index is 12.8. The Labute approximate surface area is 177 Å². The molecule has 0 unspecified atom stereocenters. The Hall–Kier alpha value is -1.25. The number of carbonyl (C=O) groups is 1. The maximum Gasteiger partial charge on any atom is 0.335 e. The number of hydrogen-bond donors (Lipinski definition) is 3. The second-order valence-electron chi connectivity index (χ2n) is 9.62. The van der Waals surface area contributed by atoms with Gasteiger partial charge in [-0.25, -0.2) is 4.79 Å². The molecule has 7 heteroatoms. The predicted molar refractivity (Wildman–Crippen MR) is 108 cm³/mol. The number of hydrogen-bond acceptors (Lipinski definition) is 7. The van der Waals surface area contributed by atoms with Gasteiger partial charge in [0, 0.05) is 36.7 Å². The van der Waals surface area contributed by atoms with E-state index in [9.17, 15) is 20.1 Å². The van der Waals surface area contributed by atoms with Crippen LogP contribution in [0.1, 0.15) is 34.1 Å². The summed E-state index contributed by atoms with van der Waals surface area (Å²) in [5.74, 6) is -1.63. The number of methoxy groups -OCH3 is 1. The first-order chi connectivity index (χ1) is 14.1. The number of rotatable bonds is 2. The van der Waals surface area contributed by atoms with Crippen LogP contribution in [0.3, 0.4) is 0 Å². The average molecular weight is 423 g/mol. The lowest BCUT2D eigenvalue weighted by Crippen LogP contribution is -2.56. The highest BCUT2D eigenvalue weighted by atomic mass is 16.6. The van der Waals surface area contributed by atoms with Crippen molar-refractivity contribution in [1.82, 2.24) is 0 Å². The molecule has 0 aromatic carbocycles. The van der Waals surface area contributed by atoms with Crippen LogP contribution in [-0.2, 0) is 19.0 Å². The molecule has 1 saturated heterocycles. The van der Waals surface area contributed by atoms with Crippen LogP contribution in [0.4, 0.5) is 0 Å². The largest absolute Gasteiger partial charge is 0.457 e. The summed E-state index contributed by atoms with van der Waals surface area (Å²) >= 11 is 0. The minimum atomic E-state index is -0.853. The molecule has 1 saturated carbocycles. The SMILES string of the molecule is CO[C@@H]1C[C@H]2C=C[C@H]3[C@H]4O[C@]2(/C(C)=C\[C@@H](C)[C@@H]([C@@H](C)O)OC1=O)[C@@H]3[C@H](O)[C@@H](C)[C@H]4O. The zero-order valence-corrected chi connectivity index (χ0v) is 18.3. The smallest absolute Gasteiger partial charge is 0.335 e. The van der Waals surface area contributed by atoms with E-state index >= 15 is 0 Å². The van der Waals surface area contributed by atoms with Gasteiger partial charge in [-0.15, -0.1) is 0 Å². The minimum absolute atomic E-state index is 0.0930. The molecule has 0 aromatic rings. The molecule has 168 valence electrons. The van der Waals surface area contributed by atoms with E-state index in [1.165, 1.54) is 7.11 Å². The van der Waals surface area contributed by atoms with Crippen molar-refractivity contribution < 1.29 is 34.3 Å². The van der Waals surface area contributed by atoms with E-state index in [-0.39, 0.29) is 29.6 Å². The van der Waals surface area contributed by atoms with Gasteiger partial charge in [0.15, 0.2) is 6.10 Å². The lowest BCUT2D eigenvalue weighted by molar-refractivity contribution is -0.172. The number of aliphatic hydroxyl groups is 3. The van der Waals surface area contributed by atoms with Gasteiger partial charge in [-0.05, 0) is 25.8 Å². The highest BCUT2D eigenvalue weighted by Gasteiger charge is 2.68. The molecular formula is C23H34O7. The first-order valence-corrected chi connectivity index (χ1v) is 11.0. The summed E-state index contributed by atoms with van der Waals surface area (Å²) < 4.78 is 17.8. The molecule has 4 rings (SSSR count). The van der Waals surface area contributed by atoms with Crippen molar-refractivity contribution in [2.75, 3.05) is 7.11 Å². The van der Waals surface area contributed by atoms with Crippen molar-refractivity contribution in [3.8, 4) is 0 Å². The summed E-state index contributed by atoms with van der Waals surface area (Å²) in [5, 5.41) is 32.3. The number of carbonyl (C=O) groups excluding carboxylic acids is 1. The molecule has 3 N–H and O–H groups in total. The third-order valence-corrected chi connectivity index (χ3v) is 7.91. The second kappa shape index (κ2) is 7.71. The third-order valence-electron chi connectivity index (χ3n) is 7.91. The van der Waals surface area contributed by atoms with E-state index < -0.39 is 48.2 Å². The standard InChI is InChI=1S/C23H34O7/c1-10-8-11(2)23-14(9-16(28-5)22(27)29-20(10)13(4)24)6-7-15-17(23)18(25)12(3)19(26)21(15)30-23/h6-8,10,12-21,24-26H,9H2,1-5H3/b11-8-/t10-,12-,13-,14-,15-,16-,17+,18-,19-,20+,21-,23+/m1/s1. The monoisotopic (exact) mass is 422 g/mol. The van der Waals surface area contributed by atoms with Crippen molar-refractivity contribution >= 4 is 5.97 Å². The highest BCUT2D eigenvalue weighted by molar-refractivity contribution is 5.75. The van der Waals surface area contributed by atoms with Crippen LogP contribution in [0.15, 0.2) is 23.8 Å². The number of aliphatic hydroxyl groups excluding tert-OH is 3. The fraction of sp³-hybridized carbons (Fsp3) is 0.783. The van der Waals surface area contributed by atoms with Gasteiger partial charge in [-0.2, -0.15) is 0 Å². The summed E-state index contributed by atoms with van der Waals surface area (Å²) in [6.07, 6.45) is 2.09. The van der Waals surface area contributed by atoms with Gasteiger partial charge < -0.3 is 29.5 Å². The lowest BCUT2D eigenvalue weighted by atomic mass is 9.57. The molecule has 2 heterocycles. The van der Waals surface area contributed by atoms with Crippen LogP contribution in [0.25, 0.3) is 0 Å². The summed E-state index contributed by atoms with van der Waals surface area (Å²) in [4.78, 5) is 12.8. The van der Waals surface area contributed by atoms with Gasteiger partial charge in [0.25, 0.3) is 0 Å². The molecule has 7 nitrogen and oxygen atoms in total. The Balaban J connectivity index is 1.86. The maximum atomic E-state index is 12.8. The molecule has 4 bridgehead atoms. The summed E-state index contributed by atoms with van der Waals surface area (Å²) in [5.41, 5.74) is 0.0851. The summed E-state index contributed by atoms with van der Waals surface area (Å²) in [6.45, 7) is 7.34. The van der Waals surface area contributed by atoms with E-state index in [1.54, 1.807) is 6.92 Å². The van der Waals surface area contributed by atoms with Gasteiger partial charge in [0.1, 0.15) is 11.7 Å². The molecule has 30 heavy (non-hydrogen) atoms. The molecule has 2 fully saturated rings. The molecule has 2 aliphatic heterocycles. The third kappa shape index (κ3) is 3.01. The highest BCUT2D eigenvalue weighted by Crippen LogP contribution is 2.60. The van der Waals surface area contributed by atoms with Crippen molar-refractivity contribution in [2.45, 2.75) is 76.3 Å². The van der Waals surface area contributed by atoms with E-state index in [0.29, 0.717) is 6.42 Å². The van der Waals surface area contributed by atoms with Gasteiger partial charge in [-0.1, -0.05) is 32.1 Å². The van der Waals surface area contributed by atoms with E-state index in [0.717, 1.165) is 5.57 Å². The molecule has 2 aliphatic carbocycles. The Morgan fingerprint density at radius 2 is 1.93 bits per heavy atom. The van der Waals surface area contributed by atoms with E-state index in [1.807, 2.05) is 39.0 Å². The summed E-state index contributed by atoms with van der Waals surface area (Å²) in [6, 6.07) is 0. The molecular weight excluding hydrogens is 388 g/mol. The Bertz CT molecular complexity index is 746. The van der Waals surface area contributed by atoms with Crippen LogP contribution >= 0.6 is 0 Å². The zero-order chi connectivity index (χ0) is 22.0. The van der Waals surface area contributed by atoms with Crippen molar-refractivity contribution in [3.63, 3.8) is 0 Å². The van der Waals surface area contributed by atoms with Gasteiger partial charge in [0.05, 0.1) is 24.4 Å². The molecule has 0 aromatic heterocycles. The molecule has 12 atom stereocenters. The molecule has 0 radical (unpaired) electrons. The van der Waals surface area contributed by atoms with Crippen molar-refractivity contribution in [2.24, 2.45) is 29.6 Å². The van der Waals surface area contributed by atoms with Gasteiger partial charge >= 0.3 is 5.97 Å². The first-order valence-electron chi connectivity index (χ1n) is 11.0. The Morgan fingerprint density at radius 1 is 1.23 bits per heavy atom. The Kier molecular flexibility index (Phi) is 5.64. The van der Waals surface area contributed by atoms with Gasteiger partial charge in [-0.3, -0.25) is 0 Å². The van der Waals surface area contributed by atoms with Crippen LogP contribution in [-0.4, -0.2) is 70.6 Å². The molecule has 1 spiro atoms. The predicted octanol–water partition coefficient (Wildman–Crippen LogP) is 1.21. The van der Waals surface area contributed by atoms with Gasteiger partial charge in [0.2, 0.25) is 0 Å². The average Bonchev–Trinajstić information content (AvgIpc) is 2.91. The number of cyclic esters (lactones) is 1. The lowest BCUT2D eigenvalue weighted by Gasteiger charge is -2.48. The van der Waals surface area contributed by atoms with Crippen LogP contribution in [0.5, 0.6) is 0 Å². The topological polar surface area (TPSA) is 105 Å². The Morgan fingerprint density at radius 3 is 2.57 bits per heavy atom.